The minimum atomic E-state index is -3.70. The van der Waals surface area contributed by atoms with Gasteiger partial charge in [-0.3, -0.25) is 4.68 Å². The maximum absolute atomic E-state index is 12.7. The molecule has 1 aromatic heterocycles. The van der Waals surface area contributed by atoms with Crippen LogP contribution in [0.2, 0.25) is 0 Å². The van der Waals surface area contributed by atoms with Crippen LogP contribution in [0.4, 0.5) is 0 Å². The average molecular weight is 357 g/mol. The van der Waals surface area contributed by atoms with Crippen LogP contribution in [0.15, 0.2) is 65.7 Å². The Hall–Kier alpha value is -2.64. The molecule has 7 heteroatoms. The highest BCUT2D eigenvalue weighted by Gasteiger charge is 2.22. The van der Waals surface area contributed by atoms with Crippen molar-refractivity contribution in [1.29, 1.82) is 0 Å². The summed E-state index contributed by atoms with van der Waals surface area (Å²) in [6.45, 7) is 0.190. The zero-order valence-corrected chi connectivity index (χ0v) is 14.8. The molecule has 0 amide bonds. The number of rotatable bonds is 6. The second kappa shape index (κ2) is 7.08. The summed E-state index contributed by atoms with van der Waals surface area (Å²) in [7, 11) is -0.405. The van der Waals surface area contributed by atoms with Crippen LogP contribution >= 0.6 is 0 Å². The molecule has 25 heavy (non-hydrogen) atoms. The van der Waals surface area contributed by atoms with Crippen LogP contribution in [0.1, 0.15) is 5.56 Å². The molecule has 0 fully saturated rings. The number of benzene rings is 2. The molecular weight excluding hydrogens is 338 g/mol. The summed E-state index contributed by atoms with van der Waals surface area (Å²) in [4.78, 5) is 0.162. The van der Waals surface area contributed by atoms with Gasteiger partial charge in [0.15, 0.2) is 0 Å². The third-order valence-electron chi connectivity index (χ3n) is 3.76. The molecule has 0 saturated carbocycles. The molecule has 0 aliphatic heterocycles. The molecule has 0 unspecified atom stereocenters. The van der Waals surface area contributed by atoms with Crippen molar-refractivity contribution in [1.82, 2.24) is 14.5 Å². The van der Waals surface area contributed by atoms with Crippen molar-refractivity contribution >= 4 is 10.0 Å². The second-order valence-corrected chi connectivity index (χ2v) is 7.29. The van der Waals surface area contributed by atoms with Crippen LogP contribution in [-0.4, -0.2) is 25.3 Å². The first-order valence-electron chi connectivity index (χ1n) is 7.71. The summed E-state index contributed by atoms with van der Waals surface area (Å²) in [5.74, 6) is 0.727. The van der Waals surface area contributed by atoms with Gasteiger partial charge in [0.1, 0.15) is 16.3 Å². The quantitative estimate of drug-likeness (QED) is 0.736. The predicted molar refractivity (Wildman–Crippen MR) is 95.7 cm³/mol. The minimum absolute atomic E-state index is 0.162. The maximum atomic E-state index is 12.7. The molecule has 0 atom stereocenters. The third kappa shape index (κ3) is 3.89. The van der Waals surface area contributed by atoms with E-state index in [0.29, 0.717) is 5.69 Å². The van der Waals surface area contributed by atoms with Crippen molar-refractivity contribution in [2.75, 3.05) is 7.11 Å². The van der Waals surface area contributed by atoms with Crippen molar-refractivity contribution < 1.29 is 13.2 Å². The van der Waals surface area contributed by atoms with Crippen molar-refractivity contribution in [2.24, 2.45) is 7.05 Å². The van der Waals surface area contributed by atoms with Gasteiger partial charge >= 0.3 is 0 Å². The van der Waals surface area contributed by atoms with Gasteiger partial charge in [0.25, 0.3) is 0 Å². The molecule has 2 aromatic carbocycles. The Morgan fingerprint density at radius 3 is 2.40 bits per heavy atom. The van der Waals surface area contributed by atoms with Crippen LogP contribution in [0, 0.1) is 0 Å². The Labute approximate surface area is 147 Å². The zero-order valence-electron chi connectivity index (χ0n) is 14.0. The molecule has 1 N–H and O–H groups in total. The second-order valence-electron chi connectivity index (χ2n) is 5.55. The molecule has 0 aliphatic rings. The zero-order chi connectivity index (χ0) is 17.9. The van der Waals surface area contributed by atoms with Crippen LogP contribution in [0.5, 0.6) is 5.75 Å². The normalized spacial score (nSPS) is 11.4. The van der Waals surface area contributed by atoms with Crippen LogP contribution in [-0.2, 0) is 23.6 Å². The highest BCUT2D eigenvalue weighted by molar-refractivity contribution is 7.89. The van der Waals surface area contributed by atoms with Gasteiger partial charge in [-0.05, 0) is 17.7 Å². The van der Waals surface area contributed by atoms with Crippen molar-refractivity contribution in [3.05, 3.63) is 66.4 Å². The highest BCUT2D eigenvalue weighted by atomic mass is 32.2. The fraction of sp³-hybridized carbons (Fsp3) is 0.167. The molecule has 130 valence electrons. The Balaban J connectivity index is 1.85. The van der Waals surface area contributed by atoms with Crippen molar-refractivity contribution in [3.63, 3.8) is 0 Å². The van der Waals surface area contributed by atoms with E-state index in [-0.39, 0.29) is 11.4 Å². The minimum Gasteiger partial charge on any atom is -0.497 e. The fourth-order valence-corrected chi connectivity index (χ4v) is 3.68. The molecule has 0 aliphatic carbocycles. The first-order chi connectivity index (χ1) is 12.0. The van der Waals surface area contributed by atoms with Gasteiger partial charge < -0.3 is 4.74 Å². The lowest BCUT2D eigenvalue weighted by Crippen LogP contribution is -2.23. The number of aryl methyl sites for hydroxylation is 1. The van der Waals surface area contributed by atoms with Gasteiger partial charge in [0.2, 0.25) is 10.0 Å². The molecule has 0 radical (unpaired) electrons. The van der Waals surface area contributed by atoms with Crippen LogP contribution in [0.3, 0.4) is 0 Å². The number of nitrogens with one attached hydrogen (secondary N) is 1. The third-order valence-corrected chi connectivity index (χ3v) is 5.16. The molecule has 3 rings (SSSR count). The van der Waals surface area contributed by atoms with Crippen LogP contribution < -0.4 is 9.46 Å². The van der Waals surface area contributed by atoms with Gasteiger partial charge in [-0.1, -0.05) is 42.5 Å². The van der Waals surface area contributed by atoms with E-state index in [2.05, 4.69) is 9.82 Å². The summed E-state index contributed by atoms with van der Waals surface area (Å²) in [5.41, 5.74) is 2.03. The van der Waals surface area contributed by atoms with Gasteiger partial charge in [0, 0.05) is 25.4 Å². The summed E-state index contributed by atoms with van der Waals surface area (Å²) in [5, 5.41) is 4.31. The molecule has 1 heterocycles. The number of hydrogen-bond acceptors (Lipinski definition) is 4. The lowest BCUT2D eigenvalue weighted by atomic mass is 10.2. The standard InChI is InChI=1S/C18H19N3O3S/c1-21-13-17(18(20-21)15-6-4-3-5-7-15)25(22,23)19-12-14-8-10-16(24-2)11-9-14/h3-11,13,19H,12H2,1-2H3. The molecule has 3 aromatic rings. The number of methoxy groups -OCH3 is 1. The Kier molecular flexibility index (Phi) is 4.87. The van der Waals surface area contributed by atoms with Gasteiger partial charge in [-0.15, -0.1) is 0 Å². The van der Waals surface area contributed by atoms with Crippen molar-refractivity contribution in [3.8, 4) is 17.0 Å². The lowest BCUT2D eigenvalue weighted by Gasteiger charge is -2.08. The molecule has 6 nitrogen and oxygen atoms in total. The van der Waals surface area contributed by atoms with E-state index in [9.17, 15) is 8.42 Å². The van der Waals surface area contributed by atoms with Gasteiger partial charge in [0.05, 0.1) is 7.11 Å². The van der Waals surface area contributed by atoms with Gasteiger partial charge in [-0.2, -0.15) is 5.10 Å². The fourth-order valence-electron chi connectivity index (χ4n) is 2.46. The molecule has 0 saturated heterocycles. The Morgan fingerprint density at radius 1 is 1.08 bits per heavy atom. The van der Waals surface area contributed by atoms with Gasteiger partial charge in [-0.25, -0.2) is 13.1 Å². The highest BCUT2D eigenvalue weighted by Crippen LogP contribution is 2.25. The van der Waals surface area contributed by atoms with Crippen LogP contribution in [0.25, 0.3) is 11.3 Å². The smallest absolute Gasteiger partial charge is 0.244 e. The Morgan fingerprint density at radius 2 is 1.76 bits per heavy atom. The topological polar surface area (TPSA) is 73.2 Å². The number of ether oxygens (including phenoxy) is 1. The number of aromatic nitrogens is 2. The summed E-state index contributed by atoms with van der Waals surface area (Å²) in [6.07, 6.45) is 1.51. The summed E-state index contributed by atoms with van der Waals surface area (Å²) < 4.78 is 34.7. The average Bonchev–Trinajstić information content (AvgIpc) is 3.04. The van der Waals surface area contributed by atoms with E-state index >= 15 is 0 Å². The lowest BCUT2D eigenvalue weighted by molar-refractivity contribution is 0.414. The number of nitrogens with zero attached hydrogens (tertiary/aromatic N) is 2. The summed E-state index contributed by atoms with van der Waals surface area (Å²) in [6, 6.07) is 16.5. The van der Waals surface area contributed by atoms with E-state index in [1.165, 1.54) is 10.9 Å². The Bertz CT molecular complexity index is 949. The van der Waals surface area contributed by atoms with E-state index in [0.717, 1.165) is 16.9 Å². The maximum Gasteiger partial charge on any atom is 0.244 e. The monoisotopic (exact) mass is 357 g/mol. The molecule has 0 bridgehead atoms. The van der Waals surface area contributed by atoms with E-state index < -0.39 is 10.0 Å². The predicted octanol–water partition coefficient (Wildman–Crippen LogP) is 2.57. The van der Waals surface area contributed by atoms with E-state index in [1.54, 1.807) is 26.3 Å². The molecule has 0 spiro atoms. The van der Waals surface area contributed by atoms with Crippen molar-refractivity contribution in [2.45, 2.75) is 11.4 Å². The molecular formula is C18H19N3O3S. The number of hydrogen-bond donors (Lipinski definition) is 1. The first kappa shape index (κ1) is 17.2. The summed E-state index contributed by atoms with van der Waals surface area (Å²) >= 11 is 0. The largest absolute Gasteiger partial charge is 0.497 e. The number of sulfonamides is 1. The van der Waals surface area contributed by atoms with E-state index in [1.807, 2.05) is 42.5 Å². The van der Waals surface area contributed by atoms with E-state index in [4.69, 9.17) is 4.74 Å². The first-order valence-corrected chi connectivity index (χ1v) is 9.19. The SMILES string of the molecule is COc1ccc(CNS(=O)(=O)c2cn(C)nc2-c2ccccc2)cc1.